The van der Waals surface area contributed by atoms with Crippen LogP contribution in [0.25, 0.3) is 16.9 Å². The summed E-state index contributed by atoms with van der Waals surface area (Å²) in [4.78, 5) is 8.65. The van der Waals surface area contributed by atoms with Crippen molar-refractivity contribution < 1.29 is 13.2 Å². The quantitative estimate of drug-likeness (QED) is 0.574. The normalized spacial score (nSPS) is 11.4. The Bertz CT molecular complexity index is 1190. The summed E-state index contributed by atoms with van der Waals surface area (Å²) in [5.74, 6) is 1.32. The molecule has 0 aliphatic rings. The number of hydrogen-bond donors (Lipinski definition) is 1. The molecule has 0 aliphatic heterocycles. The molecule has 7 nitrogen and oxygen atoms in total. The van der Waals surface area contributed by atoms with Crippen LogP contribution in [0.15, 0.2) is 78.0 Å². The fourth-order valence-electron chi connectivity index (χ4n) is 2.80. The number of ether oxygens (including phenoxy) is 1. The van der Waals surface area contributed by atoms with Crippen LogP contribution in [-0.2, 0) is 10.0 Å². The summed E-state index contributed by atoms with van der Waals surface area (Å²) < 4.78 is 35.1. The van der Waals surface area contributed by atoms with E-state index in [-0.39, 0.29) is 4.90 Å². The predicted molar refractivity (Wildman–Crippen MR) is 103 cm³/mol. The van der Waals surface area contributed by atoms with Crippen LogP contribution in [0.3, 0.4) is 0 Å². The van der Waals surface area contributed by atoms with Crippen molar-refractivity contribution in [3.8, 4) is 11.7 Å². The van der Waals surface area contributed by atoms with E-state index in [9.17, 15) is 8.42 Å². The molecule has 0 bridgehead atoms. The molecule has 27 heavy (non-hydrogen) atoms. The zero-order valence-corrected chi connectivity index (χ0v) is 15.2. The molecular weight excluding hydrogens is 364 g/mol. The fourth-order valence-corrected chi connectivity index (χ4v) is 3.84. The molecule has 0 aliphatic carbocycles. The number of methoxy groups -OCH3 is 1. The molecule has 0 unspecified atom stereocenters. The lowest BCUT2D eigenvalue weighted by atomic mass is 10.2. The molecule has 1 N–H and O–H groups in total. The average Bonchev–Trinajstić information content (AvgIpc) is 3.05. The highest BCUT2D eigenvalue weighted by molar-refractivity contribution is 7.92. The number of fused-ring (bicyclic) bond motifs is 1. The van der Waals surface area contributed by atoms with E-state index in [1.165, 1.54) is 19.2 Å². The molecule has 2 aromatic heterocycles. The highest BCUT2D eigenvalue weighted by Gasteiger charge is 2.19. The van der Waals surface area contributed by atoms with Crippen molar-refractivity contribution in [3.63, 3.8) is 0 Å². The van der Waals surface area contributed by atoms with Gasteiger partial charge in [0, 0.05) is 17.8 Å². The van der Waals surface area contributed by atoms with Gasteiger partial charge in [-0.2, -0.15) is 0 Å². The van der Waals surface area contributed by atoms with Gasteiger partial charge < -0.3 is 4.74 Å². The number of aromatic nitrogens is 3. The van der Waals surface area contributed by atoms with E-state index in [0.29, 0.717) is 17.5 Å². The maximum atomic E-state index is 12.9. The van der Waals surface area contributed by atoms with Gasteiger partial charge in [-0.25, -0.2) is 18.4 Å². The number of nitrogens with zero attached hydrogens (tertiary/aromatic N) is 3. The number of rotatable bonds is 5. The van der Waals surface area contributed by atoms with Crippen molar-refractivity contribution in [1.82, 2.24) is 14.5 Å². The highest BCUT2D eigenvalue weighted by Crippen LogP contribution is 2.28. The van der Waals surface area contributed by atoms with Gasteiger partial charge >= 0.3 is 0 Å². The van der Waals surface area contributed by atoms with Gasteiger partial charge in [0.15, 0.2) is 0 Å². The summed E-state index contributed by atoms with van der Waals surface area (Å²) in [5.41, 5.74) is 0.802. The third-order valence-electron chi connectivity index (χ3n) is 4.07. The monoisotopic (exact) mass is 380 g/mol. The van der Waals surface area contributed by atoms with Gasteiger partial charge in [-0.3, -0.25) is 9.29 Å². The Balaban J connectivity index is 1.81. The van der Waals surface area contributed by atoms with Crippen LogP contribution in [0.2, 0.25) is 0 Å². The van der Waals surface area contributed by atoms with Gasteiger partial charge in [0.1, 0.15) is 11.6 Å². The smallest absolute Gasteiger partial charge is 0.263 e. The van der Waals surface area contributed by atoms with E-state index in [1.54, 1.807) is 41.2 Å². The first-order valence-corrected chi connectivity index (χ1v) is 9.61. The van der Waals surface area contributed by atoms with Crippen molar-refractivity contribution in [2.75, 3.05) is 11.8 Å². The van der Waals surface area contributed by atoms with Crippen molar-refractivity contribution in [2.24, 2.45) is 0 Å². The molecule has 0 amide bonds. The Kier molecular flexibility index (Phi) is 4.25. The van der Waals surface area contributed by atoms with E-state index in [0.717, 1.165) is 10.9 Å². The van der Waals surface area contributed by atoms with Crippen molar-refractivity contribution >= 4 is 26.7 Å². The third-order valence-corrected chi connectivity index (χ3v) is 5.44. The molecule has 2 heterocycles. The van der Waals surface area contributed by atoms with Crippen LogP contribution in [-0.4, -0.2) is 30.1 Å². The van der Waals surface area contributed by atoms with Crippen LogP contribution < -0.4 is 9.46 Å². The topological polar surface area (TPSA) is 86.1 Å². The summed E-state index contributed by atoms with van der Waals surface area (Å²) in [6, 6.07) is 17.2. The average molecular weight is 380 g/mol. The van der Waals surface area contributed by atoms with Crippen LogP contribution in [0, 0.1) is 0 Å². The zero-order chi connectivity index (χ0) is 18.9. The predicted octanol–water partition coefficient (Wildman–Crippen LogP) is 3.23. The van der Waals surface area contributed by atoms with E-state index in [1.807, 2.05) is 24.3 Å². The molecule has 8 heteroatoms. The molecule has 0 atom stereocenters. The van der Waals surface area contributed by atoms with E-state index < -0.39 is 10.0 Å². The lowest BCUT2D eigenvalue weighted by Gasteiger charge is -2.12. The number of sulfonamides is 1. The van der Waals surface area contributed by atoms with E-state index in [2.05, 4.69) is 14.7 Å². The van der Waals surface area contributed by atoms with Gasteiger partial charge in [0.2, 0.25) is 5.95 Å². The molecule has 4 aromatic rings. The molecule has 0 fully saturated rings. The number of para-hydroxylation sites is 1. The lowest BCUT2D eigenvalue weighted by Crippen LogP contribution is -2.16. The summed E-state index contributed by atoms with van der Waals surface area (Å²) in [5, 5.41) is 0.873. The second kappa shape index (κ2) is 6.73. The number of hydrogen-bond acceptors (Lipinski definition) is 5. The Morgan fingerprint density at radius 3 is 2.37 bits per heavy atom. The first kappa shape index (κ1) is 17.0. The largest absolute Gasteiger partial charge is 0.497 e. The number of nitrogens with one attached hydrogen (secondary N) is 1. The highest BCUT2D eigenvalue weighted by atomic mass is 32.2. The summed E-state index contributed by atoms with van der Waals surface area (Å²) in [7, 11) is -2.27. The second-order valence-electron chi connectivity index (χ2n) is 5.75. The van der Waals surface area contributed by atoms with Gasteiger partial charge in [0.25, 0.3) is 10.0 Å². The van der Waals surface area contributed by atoms with Gasteiger partial charge in [0.05, 0.1) is 17.5 Å². The standard InChI is InChI=1S/C19H16N4O3S/c1-26-15-7-9-16(10-8-15)27(24,25)22-18-13-14-5-2-3-6-17(14)23(18)19-20-11-4-12-21-19/h2-13,22H,1H3. The summed E-state index contributed by atoms with van der Waals surface area (Å²) in [6.07, 6.45) is 3.22. The van der Waals surface area contributed by atoms with Crippen molar-refractivity contribution in [1.29, 1.82) is 0 Å². The summed E-state index contributed by atoms with van der Waals surface area (Å²) in [6.45, 7) is 0. The molecular formula is C19H16N4O3S. The molecule has 2 aromatic carbocycles. The fraction of sp³-hybridized carbons (Fsp3) is 0.0526. The first-order valence-electron chi connectivity index (χ1n) is 8.13. The minimum Gasteiger partial charge on any atom is -0.497 e. The SMILES string of the molecule is COc1ccc(S(=O)(=O)Nc2cc3ccccc3n2-c2ncccn2)cc1. The molecule has 4 rings (SSSR count). The van der Waals surface area contributed by atoms with Gasteiger partial charge in [-0.1, -0.05) is 18.2 Å². The molecule has 0 spiro atoms. The van der Waals surface area contributed by atoms with E-state index >= 15 is 0 Å². The number of anilines is 1. The minimum atomic E-state index is -3.80. The molecule has 0 radical (unpaired) electrons. The van der Waals surface area contributed by atoms with E-state index in [4.69, 9.17) is 4.74 Å². The third kappa shape index (κ3) is 3.22. The zero-order valence-electron chi connectivity index (χ0n) is 14.4. The second-order valence-corrected chi connectivity index (χ2v) is 7.44. The van der Waals surface area contributed by atoms with Gasteiger partial charge in [-0.15, -0.1) is 0 Å². The van der Waals surface area contributed by atoms with Gasteiger partial charge in [-0.05, 0) is 42.5 Å². The Labute approximate surface area is 156 Å². The minimum absolute atomic E-state index is 0.133. The van der Waals surface area contributed by atoms with Crippen LogP contribution in [0.5, 0.6) is 5.75 Å². The molecule has 136 valence electrons. The summed E-state index contributed by atoms with van der Waals surface area (Å²) >= 11 is 0. The van der Waals surface area contributed by atoms with Crippen LogP contribution >= 0.6 is 0 Å². The lowest BCUT2D eigenvalue weighted by molar-refractivity contribution is 0.414. The number of benzene rings is 2. The van der Waals surface area contributed by atoms with Crippen molar-refractivity contribution in [3.05, 3.63) is 73.1 Å². The van der Waals surface area contributed by atoms with Crippen LogP contribution in [0.4, 0.5) is 5.82 Å². The van der Waals surface area contributed by atoms with Crippen molar-refractivity contribution in [2.45, 2.75) is 4.90 Å². The van der Waals surface area contributed by atoms with Crippen LogP contribution in [0.1, 0.15) is 0 Å². The maximum Gasteiger partial charge on any atom is 0.263 e. The Hall–Kier alpha value is -3.39. The maximum absolute atomic E-state index is 12.9. The Morgan fingerprint density at radius 1 is 0.963 bits per heavy atom. The first-order chi connectivity index (χ1) is 13.1. The molecule has 0 saturated heterocycles. The Morgan fingerprint density at radius 2 is 1.67 bits per heavy atom. The molecule has 0 saturated carbocycles.